The van der Waals surface area contributed by atoms with Crippen molar-refractivity contribution in [2.24, 2.45) is 0 Å². The Bertz CT molecular complexity index is 1310. The highest BCUT2D eigenvalue weighted by molar-refractivity contribution is 6.30. The number of anilines is 1. The van der Waals surface area contributed by atoms with Gasteiger partial charge in [0.15, 0.2) is 0 Å². The van der Waals surface area contributed by atoms with Gasteiger partial charge in [0.2, 0.25) is 11.9 Å². The van der Waals surface area contributed by atoms with Crippen molar-refractivity contribution in [2.75, 3.05) is 11.9 Å². The van der Waals surface area contributed by atoms with Gasteiger partial charge in [-0.25, -0.2) is 4.98 Å². The van der Waals surface area contributed by atoms with Gasteiger partial charge in [-0.3, -0.25) is 19.5 Å². The van der Waals surface area contributed by atoms with Crippen molar-refractivity contribution >= 4 is 29.4 Å². The number of carbonyl (C=O) groups is 2. The topological polar surface area (TPSA) is 67.2 Å². The van der Waals surface area contributed by atoms with Gasteiger partial charge in [-0.05, 0) is 57.2 Å². The molecule has 4 rings (SSSR count). The van der Waals surface area contributed by atoms with Crippen molar-refractivity contribution in [1.29, 1.82) is 0 Å². The van der Waals surface area contributed by atoms with E-state index in [1.165, 1.54) is 4.90 Å². The molecule has 0 saturated heterocycles. The molecule has 178 valence electrons. The first-order chi connectivity index (χ1) is 16.8. The zero-order chi connectivity index (χ0) is 24.9. The molecule has 35 heavy (non-hydrogen) atoms. The van der Waals surface area contributed by atoms with E-state index in [-0.39, 0.29) is 24.4 Å². The van der Waals surface area contributed by atoms with Crippen molar-refractivity contribution < 1.29 is 9.59 Å². The van der Waals surface area contributed by atoms with Gasteiger partial charge < -0.3 is 4.90 Å². The third kappa shape index (κ3) is 5.78. The maximum atomic E-state index is 13.1. The predicted molar refractivity (Wildman–Crippen MR) is 140 cm³/mol. The molecule has 0 unspecified atom stereocenters. The number of hydrogen-bond acceptors (Lipinski definition) is 3. The first-order valence-corrected chi connectivity index (χ1v) is 11.8. The summed E-state index contributed by atoms with van der Waals surface area (Å²) >= 11 is 5.95. The molecule has 2 amide bonds. The molecule has 1 heterocycles. The second-order valence-corrected chi connectivity index (χ2v) is 9.04. The van der Waals surface area contributed by atoms with E-state index in [9.17, 15) is 9.59 Å². The Hall–Kier alpha value is -3.90. The molecule has 1 aromatic heterocycles. The van der Waals surface area contributed by atoms with Crippen LogP contribution in [0.3, 0.4) is 0 Å². The van der Waals surface area contributed by atoms with E-state index >= 15 is 0 Å². The van der Waals surface area contributed by atoms with E-state index in [1.54, 1.807) is 24.3 Å². The lowest BCUT2D eigenvalue weighted by Gasteiger charge is -2.26. The number of rotatable bonds is 7. The zero-order valence-electron chi connectivity index (χ0n) is 19.9. The lowest BCUT2D eigenvalue weighted by atomic mass is 10.1. The molecule has 0 aliphatic carbocycles. The molecule has 3 aromatic carbocycles. The fourth-order valence-electron chi connectivity index (χ4n) is 3.68. The lowest BCUT2D eigenvalue weighted by Crippen LogP contribution is -2.42. The first kappa shape index (κ1) is 24.2. The molecule has 1 N–H and O–H groups in total. The molecule has 0 spiro atoms. The molecule has 0 aliphatic heterocycles. The van der Waals surface area contributed by atoms with E-state index in [0.717, 1.165) is 22.5 Å². The van der Waals surface area contributed by atoms with Crippen molar-refractivity contribution in [3.05, 3.63) is 101 Å². The average molecular weight is 487 g/mol. The number of amides is 2. The molecule has 0 saturated carbocycles. The van der Waals surface area contributed by atoms with E-state index in [1.807, 2.05) is 86.1 Å². The van der Waals surface area contributed by atoms with Crippen LogP contribution in [0.2, 0.25) is 5.02 Å². The number of imidazole rings is 1. The number of nitrogens with zero attached hydrogens (tertiary/aromatic N) is 3. The van der Waals surface area contributed by atoms with Gasteiger partial charge in [-0.15, -0.1) is 0 Å². The van der Waals surface area contributed by atoms with Crippen molar-refractivity contribution in [1.82, 2.24) is 14.5 Å². The molecule has 6 nitrogen and oxygen atoms in total. The minimum absolute atomic E-state index is 0.111. The second kappa shape index (κ2) is 10.6. The van der Waals surface area contributed by atoms with Crippen molar-refractivity contribution in [3.63, 3.8) is 0 Å². The van der Waals surface area contributed by atoms with Gasteiger partial charge >= 0.3 is 0 Å². The van der Waals surface area contributed by atoms with Crippen LogP contribution in [0, 0.1) is 6.92 Å². The monoisotopic (exact) mass is 486 g/mol. The van der Waals surface area contributed by atoms with Crippen molar-refractivity contribution in [3.8, 4) is 16.9 Å². The Labute approximate surface area is 210 Å². The van der Waals surface area contributed by atoms with Crippen LogP contribution in [0.4, 0.5) is 5.95 Å². The standard InChI is InChI=1S/C28H27ClN4O2/c1-19(2)32(27(35)22-11-13-23(29)14-12-22)18-26(34)31-28-30-25(21-7-5-4-6-8-21)17-33(28)24-15-9-20(3)10-16-24/h4-17,19H,18H2,1-3H3,(H,30,31,34). The molecule has 0 aliphatic rings. The molecule has 0 atom stereocenters. The summed E-state index contributed by atoms with van der Waals surface area (Å²) < 4.78 is 1.85. The summed E-state index contributed by atoms with van der Waals surface area (Å²) in [6, 6.07) is 24.2. The van der Waals surface area contributed by atoms with E-state index in [4.69, 9.17) is 16.6 Å². The van der Waals surface area contributed by atoms with Gasteiger partial charge in [-0.1, -0.05) is 59.6 Å². The summed E-state index contributed by atoms with van der Waals surface area (Å²) in [5.41, 5.74) is 4.16. The van der Waals surface area contributed by atoms with Gasteiger partial charge in [0.25, 0.3) is 5.91 Å². The summed E-state index contributed by atoms with van der Waals surface area (Å²) in [4.78, 5) is 32.4. The number of aryl methyl sites for hydroxylation is 1. The number of benzene rings is 3. The van der Waals surface area contributed by atoms with E-state index < -0.39 is 0 Å². The first-order valence-electron chi connectivity index (χ1n) is 11.4. The Kier molecular flexibility index (Phi) is 7.32. The average Bonchev–Trinajstić information content (AvgIpc) is 3.27. The van der Waals surface area contributed by atoms with Gasteiger partial charge in [0.1, 0.15) is 6.54 Å². The molecule has 0 fully saturated rings. The second-order valence-electron chi connectivity index (χ2n) is 8.60. The van der Waals surface area contributed by atoms with Crippen LogP contribution < -0.4 is 5.32 Å². The minimum atomic E-state index is -0.334. The number of aromatic nitrogens is 2. The highest BCUT2D eigenvalue weighted by Crippen LogP contribution is 2.24. The van der Waals surface area contributed by atoms with Crippen LogP contribution in [0.25, 0.3) is 16.9 Å². The SMILES string of the molecule is Cc1ccc(-n2cc(-c3ccccc3)nc2NC(=O)CN(C(=O)c2ccc(Cl)cc2)C(C)C)cc1. The number of halogens is 1. The third-order valence-corrected chi connectivity index (χ3v) is 5.88. The van der Waals surface area contributed by atoms with Crippen LogP contribution in [-0.2, 0) is 4.79 Å². The number of nitrogens with one attached hydrogen (secondary N) is 1. The van der Waals surface area contributed by atoms with Crippen LogP contribution in [0.15, 0.2) is 85.1 Å². The van der Waals surface area contributed by atoms with Crippen LogP contribution >= 0.6 is 11.6 Å². The van der Waals surface area contributed by atoms with Crippen LogP contribution in [0.1, 0.15) is 29.8 Å². The highest BCUT2D eigenvalue weighted by Gasteiger charge is 2.23. The van der Waals surface area contributed by atoms with E-state index in [2.05, 4.69) is 5.32 Å². The Morgan fingerprint density at radius 1 is 0.971 bits per heavy atom. The van der Waals surface area contributed by atoms with Crippen LogP contribution in [0.5, 0.6) is 0 Å². The summed E-state index contributed by atoms with van der Waals surface area (Å²) in [6.45, 7) is 5.66. The van der Waals surface area contributed by atoms with Crippen molar-refractivity contribution in [2.45, 2.75) is 26.8 Å². The molecule has 0 radical (unpaired) electrons. The fourth-order valence-corrected chi connectivity index (χ4v) is 3.81. The number of hydrogen-bond donors (Lipinski definition) is 1. The lowest BCUT2D eigenvalue weighted by molar-refractivity contribution is -0.117. The molecule has 7 heteroatoms. The molecule has 0 bridgehead atoms. The Morgan fingerprint density at radius 3 is 2.26 bits per heavy atom. The predicted octanol–water partition coefficient (Wildman–Crippen LogP) is 5.99. The fraction of sp³-hybridized carbons (Fsp3) is 0.179. The molecular weight excluding hydrogens is 460 g/mol. The summed E-state index contributed by atoms with van der Waals surface area (Å²) in [6.07, 6.45) is 1.90. The normalized spacial score (nSPS) is 10.9. The zero-order valence-corrected chi connectivity index (χ0v) is 20.7. The Morgan fingerprint density at radius 2 is 1.63 bits per heavy atom. The van der Waals surface area contributed by atoms with E-state index in [0.29, 0.717) is 16.5 Å². The summed E-state index contributed by atoms with van der Waals surface area (Å²) in [5, 5.41) is 3.46. The maximum Gasteiger partial charge on any atom is 0.254 e. The van der Waals surface area contributed by atoms with Gasteiger partial charge in [-0.2, -0.15) is 0 Å². The highest BCUT2D eigenvalue weighted by atomic mass is 35.5. The van der Waals surface area contributed by atoms with Gasteiger partial charge in [0, 0.05) is 34.1 Å². The molecular formula is C28H27ClN4O2. The summed E-state index contributed by atoms with van der Waals surface area (Å²) in [5.74, 6) is -0.182. The van der Waals surface area contributed by atoms with Gasteiger partial charge in [0.05, 0.1) is 5.69 Å². The van der Waals surface area contributed by atoms with Crippen LogP contribution in [-0.4, -0.2) is 38.9 Å². The smallest absolute Gasteiger partial charge is 0.254 e. The molecule has 4 aromatic rings. The summed E-state index contributed by atoms with van der Waals surface area (Å²) in [7, 11) is 0. The maximum absolute atomic E-state index is 13.1. The minimum Gasteiger partial charge on any atom is -0.327 e. The largest absolute Gasteiger partial charge is 0.327 e. The quantitative estimate of drug-likeness (QED) is 0.349. The third-order valence-electron chi connectivity index (χ3n) is 5.63. The number of carbonyl (C=O) groups excluding carboxylic acids is 2. The Balaban J connectivity index is 1.60.